The van der Waals surface area contributed by atoms with E-state index in [0.29, 0.717) is 5.69 Å². The molecule has 0 fully saturated rings. The topological polar surface area (TPSA) is 64.3 Å². The average molecular weight is 403 g/mol. The van der Waals surface area contributed by atoms with Gasteiger partial charge in [-0.25, -0.2) is 0 Å². The van der Waals surface area contributed by atoms with Crippen LogP contribution in [0, 0.1) is 0 Å². The first-order chi connectivity index (χ1) is 14.3. The summed E-state index contributed by atoms with van der Waals surface area (Å²) in [4.78, 5) is 12.0. The summed E-state index contributed by atoms with van der Waals surface area (Å²) < 4.78 is 6.02. The van der Waals surface area contributed by atoms with Crippen molar-refractivity contribution in [1.82, 2.24) is 0 Å². The van der Waals surface area contributed by atoms with E-state index in [1.54, 1.807) is 13.8 Å². The number of hydrogen-bond donors (Lipinski definition) is 2. The van der Waals surface area contributed by atoms with Gasteiger partial charge in [-0.2, -0.15) is 0 Å². The lowest BCUT2D eigenvalue weighted by Crippen LogP contribution is -2.45. The highest BCUT2D eigenvalue weighted by atomic mass is 16.5. The second kappa shape index (κ2) is 9.59. The summed E-state index contributed by atoms with van der Waals surface area (Å²) in [6.45, 7) is 5.43. The van der Waals surface area contributed by atoms with E-state index in [1.807, 2.05) is 30.3 Å². The van der Waals surface area contributed by atoms with Crippen LogP contribution in [0.15, 0.2) is 78.9 Å². The van der Waals surface area contributed by atoms with Gasteiger partial charge in [0.25, 0.3) is 0 Å². The summed E-state index contributed by atoms with van der Waals surface area (Å²) in [6.07, 6.45) is 1.96. The van der Waals surface area contributed by atoms with Gasteiger partial charge in [-0.3, -0.25) is 4.79 Å². The predicted octanol–water partition coefficient (Wildman–Crippen LogP) is 5.43. The van der Waals surface area contributed by atoms with Gasteiger partial charge in [-0.05, 0) is 74.6 Å². The molecule has 0 radical (unpaired) electrons. The number of nitrogens with one attached hydrogen (secondary N) is 1. The molecule has 0 aliphatic heterocycles. The summed E-state index contributed by atoms with van der Waals surface area (Å²) in [5.41, 5.74) is 9.36. The molecule has 4 heteroatoms. The van der Waals surface area contributed by atoms with Gasteiger partial charge in [-0.1, -0.05) is 54.6 Å². The molecule has 4 nitrogen and oxygen atoms in total. The van der Waals surface area contributed by atoms with Crippen LogP contribution in [0.5, 0.6) is 5.75 Å². The zero-order chi connectivity index (χ0) is 21.6. The predicted molar refractivity (Wildman–Crippen MR) is 124 cm³/mol. The number of anilines is 1. The van der Waals surface area contributed by atoms with Crippen LogP contribution < -0.4 is 15.8 Å². The molecule has 1 unspecified atom stereocenters. The minimum atomic E-state index is -0.914. The zero-order valence-electron chi connectivity index (χ0n) is 17.9. The van der Waals surface area contributed by atoms with Crippen LogP contribution in [0.2, 0.25) is 0 Å². The van der Waals surface area contributed by atoms with Crippen molar-refractivity contribution in [3.63, 3.8) is 0 Å². The molecule has 3 aromatic carbocycles. The first-order valence-corrected chi connectivity index (χ1v) is 10.3. The lowest BCUT2D eigenvalue weighted by atomic mass is 10.0. The third-order valence-electron chi connectivity index (χ3n) is 4.94. The van der Waals surface area contributed by atoms with Crippen LogP contribution in [0.25, 0.3) is 11.1 Å². The summed E-state index contributed by atoms with van der Waals surface area (Å²) in [5.74, 6) is 0.565. The van der Waals surface area contributed by atoms with Crippen molar-refractivity contribution in [1.29, 1.82) is 0 Å². The average Bonchev–Trinajstić information content (AvgIpc) is 2.74. The van der Waals surface area contributed by atoms with Crippen LogP contribution in [0.4, 0.5) is 5.69 Å². The molecule has 1 atom stereocenters. The van der Waals surface area contributed by atoms with E-state index >= 15 is 0 Å². The van der Waals surface area contributed by atoms with Crippen molar-refractivity contribution in [2.45, 2.75) is 45.3 Å². The Bertz CT molecular complexity index is 943. The van der Waals surface area contributed by atoms with Gasteiger partial charge in [0.15, 0.2) is 0 Å². The second-order valence-corrected chi connectivity index (χ2v) is 8.23. The maximum Gasteiger partial charge on any atom is 0.243 e. The number of carbonyl (C=O) groups excluding carboxylic acids is 1. The molecule has 0 aliphatic carbocycles. The number of aryl methyl sites for hydroxylation is 1. The molecule has 0 spiro atoms. The van der Waals surface area contributed by atoms with E-state index in [-0.39, 0.29) is 12.0 Å². The van der Waals surface area contributed by atoms with Gasteiger partial charge in [0.05, 0.1) is 11.6 Å². The maximum atomic E-state index is 12.0. The summed E-state index contributed by atoms with van der Waals surface area (Å²) in [5, 5.41) is 2.81. The first-order valence-electron chi connectivity index (χ1n) is 10.3. The highest BCUT2D eigenvalue weighted by Gasteiger charge is 2.21. The molecule has 3 rings (SSSR count). The molecule has 3 aromatic rings. The fourth-order valence-electron chi connectivity index (χ4n) is 3.06. The van der Waals surface area contributed by atoms with Crippen molar-refractivity contribution in [3.8, 4) is 16.9 Å². The molecule has 30 heavy (non-hydrogen) atoms. The van der Waals surface area contributed by atoms with E-state index in [9.17, 15) is 4.79 Å². The largest absolute Gasteiger partial charge is 0.491 e. The van der Waals surface area contributed by atoms with E-state index in [2.05, 4.69) is 60.8 Å². The number of amides is 1. The Morgan fingerprint density at radius 2 is 1.53 bits per heavy atom. The van der Waals surface area contributed by atoms with Crippen molar-refractivity contribution in [2.75, 3.05) is 5.32 Å². The number of rotatable bonds is 8. The maximum absolute atomic E-state index is 12.0. The molecule has 0 saturated heterocycles. The van der Waals surface area contributed by atoms with Crippen molar-refractivity contribution >= 4 is 11.6 Å². The third-order valence-corrected chi connectivity index (χ3v) is 4.94. The van der Waals surface area contributed by atoms with Gasteiger partial charge >= 0.3 is 0 Å². The number of ether oxygens (including phenoxy) is 1. The molecule has 1 amide bonds. The van der Waals surface area contributed by atoms with Gasteiger partial charge in [0.1, 0.15) is 5.75 Å². The molecule has 156 valence electrons. The summed E-state index contributed by atoms with van der Waals surface area (Å²) in [6, 6.07) is 26.5. The quantitative estimate of drug-likeness (QED) is 0.528. The van der Waals surface area contributed by atoms with Gasteiger partial charge in [0.2, 0.25) is 5.91 Å². The molecule has 0 bridgehead atoms. The van der Waals surface area contributed by atoms with Crippen LogP contribution in [-0.2, 0) is 11.2 Å². The number of hydrogen-bond acceptors (Lipinski definition) is 3. The Morgan fingerprint density at radius 1 is 0.933 bits per heavy atom. The van der Waals surface area contributed by atoms with Crippen molar-refractivity contribution in [3.05, 3.63) is 84.4 Å². The number of benzene rings is 3. The third kappa shape index (κ3) is 6.19. The fraction of sp³-hybridized carbons (Fsp3) is 0.269. The highest BCUT2D eigenvalue weighted by Crippen LogP contribution is 2.21. The molecular weight excluding hydrogens is 372 g/mol. The lowest BCUT2D eigenvalue weighted by Gasteiger charge is -2.18. The van der Waals surface area contributed by atoms with E-state index in [1.165, 1.54) is 16.7 Å². The van der Waals surface area contributed by atoms with E-state index in [4.69, 9.17) is 10.5 Å². The fourth-order valence-corrected chi connectivity index (χ4v) is 3.06. The monoisotopic (exact) mass is 402 g/mol. The van der Waals surface area contributed by atoms with Crippen molar-refractivity contribution < 1.29 is 9.53 Å². The van der Waals surface area contributed by atoms with Crippen LogP contribution >= 0.6 is 0 Å². The minimum absolute atomic E-state index is 0.0854. The Morgan fingerprint density at radius 3 is 2.13 bits per heavy atom. The van der Waals surface area contributed by atoms with Crippen LogP contribution in [-0.4, -0.2) is 17.6 Å². The Hall–Kier alpha value is -3.11. The highest BCUT2D eigenvalue weighted by molar-refractivity contribution is 5.97. The van der Waals surface area contributed by atoms with Crippen LogP contribution in [0.1, 0.15) is 32.8 Å². The van der Waals surface area contributed by atoms with Gasteiger partial charge in [0, 0.05) is 5.69 Å². The second-order valence-electron chi connectivity index (χ2n) is 8.23. The van der Waals surface area contributed by atoms with Gasteiger partial charge in [-0.15, -0.1) is 0 Å². The summed E-state index contributed by atoms with van der Waals surface area (Å²) >= 11 is 0. The molecule has 0 heterocycles. The molecular formula is C26H30N2O2. The van der Waals surface area contributed by atoms with Crippen LogP contribution in [0.3, 0.4) is 0 Å². The van der Waals surface area contributed by atoms with Crippen molar-refractivity contribution in [2.24, 2.45) is 5.73 Å². The lowest BCUT2D eigenvalue weighted by molar-refractivity contribution is -0.120. The van der Waals surface area contributed by atoms with Gasteiger partial charge < -0.3 is 15.8 Å². The summed E-state index contributed by atoms with van der Waals surface area (Å²) in [7, 11) is 0. The normalized spacial score (nSPS) is 12.3. The number of carbonyl (C=O) groups is 1. The Labute approximate surface area is 179 Å². The smallest absolute Gasteiger partial charge is 0.243 e. The number of nitrogens with two attached hydrogens (primary N) is 1. The first kappa shape index (κ1) is 21.6. The molecule has 0 aromatic heterocycles. The molecule has 0 aliphatic rings. The molecule has 3 N–H and O–H groups in total. The minimum Gasteiger partial charge on any atom is -0.491 e. The Balaban J connectivity index is 1.48. The van der Waals surface area contributed by atoms with E-state index in [0.717, 1.165) is 18.6 Å². The Kier molecular flexibility index (Phi) is 6.91. The zero-order valence-corrected chi connectivity index (χ0v) is 17.9. The molecule has 0 saturated carbocycles. The standard InChI is InChI=1S/C26H30N2O2/c1-19(30-24-17-15-23(16-18-24)28-25(29)26(2,3)27)9-10-20-11-13-22(14-12-20)21-7-5-4-6-8-21/h4-8,11-19H,9-10,27H2,1-3H3,(H,28,29). The van der Waals surface area contributed by atoms with E-state index < -0.39 is 5.54 Å². The SMILES string of the molecule is CC(CCc1ccc(-c2ccccc2)cc1)Oc1ccc(NC(=O)C(C)(C)N)cc1.